The van der Waals surface area contributed by atoms with Crippen LogP contribution in [-0.4, -0.2) is 15.0 Å². The lowest BCUT2D eigenvalue weighted by atomic mass is 10.0. The first kappa shape index (κ1) is 26.9. The van der Waals surface area contributed by atoms with Crippen molar-refractivity contribution < 1.29 is 0 Å². The van der Waals surface area contributed by atoms with Gasteiger partial charge >= 0.3 is 0 Å². The highest BCUT2D eigenvalue weighted by Gasteiger charge is 2.05. The highest BCUT2D eigenvalue weighted by molar-refractivity contribution is 5.56. The van der Waals surface area contributed by atoms with Crippen molar-refractivity contribution in [3.8, 4) is 11.3 Å². The molecule has 0 atom stereocenters. The molecule has 0 N–H and O–H groups in total. The molecule has 34 heavy (non-hydrogen) atoms. The summed E-state index contributed by atoms with van der Waals surface area (Å²) in [7, 11) is 0. The summed E-state index contributed by atoms with van der Waals surface area (Å²) >= 11 is 0. The van der Waals surface area contributed by atoms with E-state index < -0.39 is 0 Å². The van der Waals surface area contributed by atoms with Crippen molar-refractivity contribution in [1.82, 2.24) is 15.0 Å². The lowest BCUT2D eigenvalue weighted by Gasteiger charge is -2.07. The second-order valence-electron chi connectivity index (χ2n) is 8.30. The van der Waals surface area contributed by atoms with E-state index in [0.717, 1.165) is 36.3 Å². The van der Waals surface area contributed by atoms with Crippen LogP contribution in [-0.2, 0) is 19.3 Å². The smallest absolute Gasteiger partial charge is 0.133 e. The molecule has 0 radical (unpaired) electrons. The summed E-state index contributed by atoms with van der Waals surface area (Å²) in [4.78, 5) is 13.4. The molecule has 3 nitrogen and oxygen atoms in total. The molecule has 0 unspecified atom stereocenters. The quantitative estimate of drug-likeness (QED) is 0.270. The summed E-state index contributed by atoms with van der Waals surface area (Å²) in [6, 6.07) is 23.5. The topological polar surface area (TPSA) is 38.7 Å². The van der Waals surface area contributed by atoms with E-state index in [0.29, 0.717) is 0 Å². The van der Waals surface area contributed by atoms with Gasteiger partial charge in [-0.25, -0.2) is 9.97 Å². The fourth-order valence-electron chi connectivity index (χ4n) is 3.67. The third-order valence-electron chi connectivity index (χ3n) is 5.56. The van der Waals surface area contributed by atoms with Crippen LogP contribution >= 0.6 is 0 Å². The first-order valence-corrected chi connectivity index (χ1v) is 12.1. The van der Waals surface area contributed by atoms with Gasteiger partial charge in [-0.15, -0.1) is 0 Å². The summed E-state index contributed by atoms with van der Waals surface area (Å²) in [6.45, 7) is 6.61. The summed E-state index contributed by atoms with van der Waals surface area (Å²) in [5, 5.41) is 0. The molecule has 3 heteroatoms. The molecule has 0 amide bonds. The van der Waals surface area contributed by atoms with E-state index in [1.54, 1.807) is 6.20 Å². The van der Waals surface area contributed by atoms with Crippen molar-refractivity contribution >= 4 is 0 Å². The Hall–Kier alpha value is -3.33. The molecule has 0 fully saturated rings. The monoisotopic (exact) mass is 453 g/mol. The van der Waals surface area contributed by atoms with Crippen LogP contribution in [0.5, 0.6) is 0 Å². The molecule has 0 aliphatic carbocycles. The maximum absolute atomic E-state index is 4.72. The van der Waals surface area contributed by atoms with Gasteiger partial charge in [0.2, 0.25) is 0 Å². The minimum atomic E-state index is 0. The number of pyridine rings is 1. The van der Waals surface area contributed by atoms with Crippen molar-refractivity contribution in [2.24, 2.45) is 0 Å². The number of benzene rings is 2. The zero-order chi connectivity index (χ0) is 23.3. The van der Waals surface area contributed by atoms with E-state index in [1.165, 1.54) is 41.5 Å². The fourth-order valence-corrected chi connectivity index (χ4v) is 3.67. The van der Waals surface area contributed by atoms with Gasteiger partial charge < -0.3 is 0 Å². The molecule has 0 saturated carbocycles. The Balaban J connectivity index is 0.000000619. The largest absolute Gasteiger partial charge is 0.264 e. The van der Waals surface area contributed by atoms with Gasteiger partial charge in [0.05, 0.1) is 5.69 Å². The second kappa shape index (κ2) is 14.7. The highest BCUT2D eigenvalue weighted by Crippen LogP contribution is 2.17. The maximum atomic E-state index is 4.72. The van der Waals surface area contributed by atoms with Gasteiger partial charge in [-0.05, 0) is 53.3 Å². The van der Waals surface area contributed by atoms with Gasteiger partial charge in [-0.2, -0.15) is 0 Å². The average Bonchev–Trinajstić information content (AvgIpc) is 2.86. The van der Waals surface area contributed by atoms with E-state index in [-0.39, 0.29) is 7.43 Å². The molecule has 2 aromatic heterocycles. The summed E-state index contributed by atoms with van der Waals surface area (Å²) in [6.07, 6.45) is 12.2. The molecule has 0 aliphatic heterocycles. The van der Waals surface area contributed by atoms with Crippen LogP contribution in [0.3, 0.4) is 0 Å². The molecule has 2 aromatic carbocycles. The first-order chi connectivity index (χ1) is 16.2. The lowest BCUT2D eigenvalue weighted by molar-refractivity contribution is 0.772. The SMILES string of the molecule is C.CCCCC.CCc1ccc(Cc2cccc(Cc3nccc(-c4cccnc4)n3)c2)cc1. The van der Waals surface area contributed by atoms with Crippen molar-refractivity contribution in [2.45, 2.75) is 66.7 Å². The number of unbranched alkanes of at least 4 members (excludes halogenated alkanes) is 2. The molecule has 0 saturated heterocycles. The Morgan fingerprint density at radius 1 is 0.676 bits per heavy atom. The fraction of sp³-hybridized carbons (Fsp3) is 0.323. The molecule has 0 aliphatic rings. The van der Waals surface area contributed by atoms with Crippen LogP contribution in [0.25, 0.3) is 11.3 Å². The Bertz CT molecular complexity index is 1090. The molecule has 0 bridgehead atoms. The first-order valence-electron chi connectivity index (χ1n) is 12.1. The third-order valence-corrected chi connectivity index (χ3v) is 5.56. The molecule has 178 valence electrons. The number of hydrogen-bond acceptors (Lipinski definition) is 3. The van der Waals surface area contributed by atoms with Gasteiger partial charge in [-0.3, -0.25) is 4.98 Å². The minimum absolute atomic E-state index is 0. The zero-order valence-electron chi connectivity index (χ0n) is 20.2. The summed E-state index contributed by atoms with van der Waals surface area (Å²) < 4.78 is 0. The van der Waals surface area contributed by atoms with Crippen LogP contribution in [0.15, 0.2) is 85.3 Å². The Kier molecular flexibility index (Phi) is 11.7. The van der Waals surface area contributed by atoms with Crippen LogP contribution in [0.2, 0.25) is 0 Å². The van der Waals surface area contributed by atoms with Gasteiger partial charge in [-0.1, -0.05) is 96.0 Å². The number of aryl methyl sites for hydroxylation is 1. The minimum Gasteiger partial charge on any atom is -0.264 e. The van der Waals surface area contributed by atoms with Crippen molar-refractivity contribution in [3.05, 3.63) is 113 Å². The number of hydrogen-bond donors (Lipinski definition) is 0. The molecule has 4 aromatic rings. The third kappa shape index (κ3) is 8.55. The van der Waals surface area contributed by atoms with Gasteiger partial charge in [0, 0.05) is 30.6 Å². The molecular weight excluding hydrogens is 414 g/mol. The van der Waals surface area contributed by atoms with Gasteiger partial charge in [0.1, 0.15) is 5.82 Å². The van der Waals surface area contributed by atoms with E-state index >= 15 is 0 Å². The Morgan fingerprint density at radius 2 is 1.38 bits per heavy atom. The van der Waals surface area contributed by atoms with Gasteiger partial charge in [0.15, 0.2) is 0 Å². The summed E-state index contributed by atoms with van der Waals surface area (Å²) in [5.41, 5.74) is 7.17. The second-order valence-corrected chi connectivity index (χ2v) is 8.30. The molecule has 0 spiro atoms. The lowest BCUT2D eigenvalue weighted by Crippen LogP contribution is -1.99. The number of aromatic nitrogens is 3. The number of rotatable bonds is 8. The molecular formula is C31H39N3. The van der Waals surface area contributed by atoms with Crippen molar-refractivity contribution in [3.63, 3.8) is 0 Å². The van der Waals surface area contributed by atoms with Crippen LogP contribution in [0.4, 0.5) is 0 Å². The van der Waals surface area contributed by atoms with Crippen LogP contribution in [0.1, 0.15) is 75.5 Å². The molecule has 4 rings (SSSR count). The van der Waals surface area contributed by atoms with Crippen molar-refractivity contribution in [1.29, 1.82) is 0 Å². The van der Waals surface area contributed by atoms with Crippen molar-refractivity contribution in [2.75, 3.05) is 0 Å². The standard InChI is InChI=1S/C25H23N3.C5H12.CH4/c1-2-19-8-10-20(11-9-19)15-21-5-3-6-22(16-21)17-25-27-14-12-24(28-25)23-7-4-13-26-18-23;1-3-5-4-2;/h3-14,16,18H,2,15,17H2,1H3;3-5H2,1-2H3;1H4. The van der Waals surface area contributed by atoms with E-state index in [9.17, 15) is 0 Å². The normalized spacial score (nSPS) is 10.1. The van der Waals surface area contributed by atoms with Crippen LogP contribution < -0.4 is 0 Å². The van der Waals surface area contributed by atoms with Crippen LogP contribution in [0, 0.1) is 0 Å². The molecule has 2 heterocycles. The van der Waals surface area contributed by atoms with Gasteiger partial charge in [0.25, 0.3) is 0 Å². The van der Waals surface area contributed by atoms with E-state index in [4.69, 9.17) is 4.98 Å². The average molecular weight is 454 g/mol. The Morgan fingerprint density at radius 3 is 2.00 bits per heavy atom. The predicted molar refractivity (Wildman–Crippen MR) is 145 cm³/mol. The summed E-state index contributed by atoms with van der Waals surface area (Å²) in [5.74, 6) is 0.825. The van der Waals surface area contributed by atoms with E-state index in [1.807, 2.05) is 30.6 Å². The maximum Gasteiger partial charge on any atom is 0.133 e. The predicted octanol–water partition coefficient (Wildman–Crippen LogP) is 8.12. The highest BCUT2D eigenvalue weighted by atomic mass is 14.9. The zero-order valence-corrected chi connectivity index (χ0v) is 20.2. The number of nitrogens with zero attached hydrogens (tertiary/aromatic N) is 3. The Labute approximate surface area is 206 Å². The van der Waals surface area contributed by atoms with E-state index in [2.05, 4.69) is 79.3 Å².